The Kier molecular flexibility index (Phi) is 4.75. The fourth-order valence-corrected chi connectivity index (χ4v) is 1.59. The van der Waals surface area contributed by atoms with E-state index in [0.29, 0.717) is 12.1 Å². The second kappa shape index (κ2) is 5.85. The molecule has 2 nitrogen and oxygen atoms in total. The highest BCUT2D eigenvalue weighted by Crippen LogP contribution is 2.15. The third-order valence-corrected chi connectivity index (χ3v) is 2.42. The summed E-state index contributed by atoms with van der Waals surface area (Å²) in [6, 6.07) is 4.59. The van der Waals surface area contributed by atoms with Gasteiger partial charge in [0.2, 0.25) is 5.91 Å². The van der Waals surface area contributed by atoms with E-state index < -0.39 is 0 Å². The Labute approximate surface area is 97.0 Å². The quantitative estimate of drug-likeness (QED) is 0.898. The van der Waals surface area contributed by atoms with E-state index in [4.69, 9.17) is 0 Å². The Balaban J connectivity index is 2.63. The minimum absolute atomic E-state index is 0.0886. The molecular weight excluding hydrogens is 261 g/mol. The Morgan fingerprint density at radius 3 is 2.93 bits per heavy atom. The molecule has 0 saturated carbocycles. The van der Waals surface area contributed by atoms with Gasteiger partial charge in [0.1, 0.15) is 5.82 Å². The standard InChI is InChI=1S/C11H13BrFNO/c1-2-5-14-11(15)7-8-6-9(12)3-4-10(8)13/h3-4,6H,2,5,7H2,1H3,(H,14,15). The van der Waals surface area contributed by atoms with Crippen LogP contribution in [0.2, 0.25) is 0 Å². The van der Waals surface area contributed by atoms with Gasteiger partial charge in [0, 0.05) is 11.0 Å². The highest BCUT2D eigenvalue weighted by atomic mass is 79.9. The van der Waals surface area contributed by atoms with Crippen molar-refractivity contribution in [2.75, 3.05) is 6.54 Å². The molecular formula is C11H13BrFNO. The first-order chi connectivity index (χ1) is 7.13. The maximum atomic E-state index is 13.3. The second-order valence-corrected chi connectivity index (χ2v) is 4.18. The zero-order valence-corrected chi connectivity index (χ0v) is 10.1. The van der Waals surface area contributed by atoms with Crippen LogP contribution in [-0.2, 0) is 11.2 Å². The number of halogens is 2. The fourth-order valence-electron chi connectivity index (χ4n) is 1.18. The first-order valence-corrected chi connectivity index (χ1v) is 5.63. The molecule has 0 aliphatic heterocycles. The van der Waals surface area contributed by atoms with Crippen LogP contribution in [0.3, 0.4) is 0 Å². The number of hydrogen-bond donors (Lipinski definition) is 1. The number of rotatable bonds is 4. The van der Waals surface area contributed by atoms with Crippen LogP contribution in [0.25, 0.3) is 0 Å². The van der Waals surface area contributed by atoms with E-state index in [1.54, 1.807) is 12.1 Å². The lowest BCUT2D eigenvalue weighted by atomic mass is 10.1. The van der Waals surface area contributed by atoms with E-state index in [1.807, 2.05) is 6.92 Å². The van der Waals surface area contributed by atoms with Crippen molar-refractivity contribution in [3.05, 3.63) is 34.1 Å². The molecule has 0 spiro atoms. The van der Waals surface area contributed by atoms with Crippen LogP contribution < -0.4 is 5.32 Å². The molecule has 0 atom stereocenters. The summed E-state index contributed by atoms with van der Waals surface area (Å²) in [5.74, 6) is -0.487. The Morgan fingerprint density at radius 1 is 1.53 bits per heavy atom. The van der Waals surface area contributed by atoms with Crippen molar-refractivity contribution in [3.8, 4) is 0 Å². The van der Waals surface area contributed by atoms with Crippen LogP contribution in [0.5, 0.6) is 0 Å². The molecule has 0 radical (unpaired) electrons. The molecule has 15 heavy (non-hydrogen) atoms. The van der Waals surface area contributed by atoms with Crippen molar-refractivity contribution >= 4 is 21.8 Å². The molecule has 1 aromatic rings. The molecule has 0 aliphatic carbocycles. The van der Waals surface area contributed by atoms with Crippen molar-refractivity contribution in [1.82, 2.24) is 5.32 Å². The predicted molar refractivity (Wildman–Crippen MR) is 61.1 cm³/mol. The molecule has 0 aromatic heterocycles. The molecule has 1 N–H and O–H groups in total. The van der Waals surface area contributed by atoms with Gasteiger partial charge in [0.05, 0.1) is 6.42 Å². The van der Waals surface area contributed by atoms with Crippen LogP contribution in [0, 0.1) is 5.82 Å². The summed E-state index contributed by atoms with van der Waals surface area (Å²) in [5.41, 5.74) is 0.415. The van der Waals surface area contributed by atoms with E-state index in [2.05, 4.69) is 21.2 Å². The van der Waals surface area contributed by atoms with Crippen molar-refractivity contribution in [2.45, 2.75) is 19.8 Å². The molecule has 0 unspecified atom stereocenters. The summed E-state index contributed by atoms with van der Waals surface area (Å²) in [5, 5.41) is 2.71. The fraction of sp³-hybridized carbons (Fsp3) is 0.364. The number of carbonyl (C=O) groups excluding carboxylic acids is 1. The van der Waals surface area contributed by atoms with E-state index in [0.717, 1.165) is 10.9 Å². The topological polar surface area (TPSA) is 29.1 Å². The summed E-state index contributed by atoms with van der Waals surface area (Å²) in [6.07, 6.45) is 0.970. The summed E-state index contributed by atoms with van der Waals surface area (Å²) in [6.45, 7) is 2.61. The molecule has 1 amide bonds. The molecule has 0 fully saturated rings. The van der Waals surface area contributed by atoms with E-state index in [9.17, 15) is 9.18 Å². The lowest BCUT2D eigenvalue weighted by Gasteiger charge is -2.05. The van der Waals surface area contributed by atoms with E-state index in [-0.39, 0.29) is 18.1 Å². The van der Waals surface area contributed by atoms with Crippen molar-refractivity contribution in [1.29, 1.82) is 0 Å². The van der Waals surface area contributed by atoms with E-state index >= 15 is 0 Å². The normalized spacial score (nSPS) is 10.1. The number of nitrogens with one attached hydrogen (secondary N) is 1. The minimum atomic E-state index is -0.343. The van der Waals surface area contributed by atoms with Crippen LogP contribution in [0.4, 0.5) is 4.39 Å². The molecule has 1 rings (SSSR count). The van der Waals surface area contributed by atoms with Gasteiger partial charge < -0.3 is 5.32 Å². The van der Waals surface area contributed by atoms with Gasteiger partial charge in [-0.2, -0.15) is 0 Å². The molecule has 0 heterocycles. The molecule has 0 aliphatic rings. The molecule has 1 aromatic carbocycles. The Bertz CT molecular complexity index is 354. The molecule has 0 saturated heterocycles. The third-order valence-electron chi connectivity index (χ3n) is 1.93. The zero-order chi connectivity index (χ0) is 11.3. The molecule has 4 heteroatoms. The lowest BCUT2D eigenvalue weighted by Crippen LogP contribution is -2.26. The van der Waals surface area contributed by atoms with E-state index in [1.165, 1.54) is 6.07 Å². The summed E-state index contributed by atoms with van der Waals surface area (Å²) < 4.78 is 14.0. The average molecular weight is 274 g/mol. The van der Waals surface area contributed by atoms with Crippen LogP contribution >= 0.6 is 15.9 Å². The molecule has 82 valence electrons. The van der Waals surface area contributed by atoms with Crippen molar-refractivity contribution in [2.24, 2.45) is 0 Å². The average Bonchev–Trinajstić information content (AvgIpc) is 2.20. The maximum Gasteiger partial charge on any atom is 0.224 e. The first kappa shape index (κ1) is 12.2. The van der Waals surface area contributed by atoms with Gasteiger partial charge in [0.15, 0.2) is 0 Å². The van der Waals surface area contributed by atoms with Crippen LogP contribution in [0.1, 0.15) is 18.9 Å². The van der Waals surface area contributed by atoms with Gasteiger partial charge in [-0.15, -0.1) is 0 Å². The number of hydrogen-bond acceptors (Lipinski definition) is 1. The van der Waals surface area contributed by atoms with Gasteiger partial charge >= 0.3 is 0 Å². The van der Waals surface area contributed by atoms with Gasteiger partial charge in [-0.1, -0.05) is 22.9 Å². The van der Waals surface area contributed by atoms with Gasteiger partial charge in [-0.25, -0.2) is 4.39 Å². The summed E-state index contributed by atoms with van der Waals surface area (Å²) >= 11 is 3.24. The highest BCUT2D eigenvalue weighted by molar-refractivity contribution is 9.10. The van der Waals surface area contributed by atoms with Crippen LogP contribution in [-0.4, -0.2) is 12.5 Å². The third kappa shape index (κ3) is 4.00. The highest BCUT2D eigenvalue weighted by Gasteiger charge is 2.07. The second-order valence-electron chi connectivity index (χ2n) is 3.26. The lowest BCUT2D eigenvalue weighted by molar-refractivity contribution is -0.120. The Morgan fingerprint density at radius 2 is 2.27 bits per heavy atom. The minimum Gasteiger partial charge on any atom is -0.356 e. The Hall–Kier alpha value is -0.900. The maximum absolute atomic E-state index is 13.3. The van der Waals surface area contributed by atoms with Crippen molar-refractivity contribution < 1.29 is 9.18 Å². The summed E-state index contributed by atoms with van der Waals surface area (Å²) in [7, 11) is 0. The van der Waals surface area contributed by atoms with Gasteiger partial charge in [-0.05, 0) is 30.2 Å². The first-order valence-electron chi connectivity index (χ1n) is 4.84. The largest absolute Gasteiger partial charge is 0.356 e. The van der Waals surface area contributed by atoms with Gasteiger partial charge in [-0.3, -0.25) is 4.79 Å². The SMILES string of the molecule is CCCNC(=O)Cc1cc(Br)ccc1F. The monoisotopic (exact) mass is 273 g/mol. The molecule has 0 bridgehead atoms. The zero-order valence-electron chi connectivity index (χ0n) is 8.52. The number of benzene rings is 1. The number of carbonyl (C=O) groups is 1. The summed E-state index contributed by atoms with van der Waals surface area (Å²) in [4.78, 5) is 11.3. The van der Waals surface area contributed by atoms with Gasteiger partial charge in [0.25, 0.3) is 0 Å². The predicted octanol–water partition coefficient (Wildman–Crippen LogP) is 2.66. The van der Waals surface area contributed by atoms with Crippen molar-refractivity contribution in [3.63, 3.8) is 0 Å². The van der Waals surface area contributed by atoms with Crippen LogP contribution in [0.15, 0.2) is 22.7 Å². The smallest absolute Gasteiger partial charge is 0.224 e. The number of amides is 1.